The van der Waals surface area contributed by atoms with Gasteiger partial charge in [-0.05, 0) is 37.6 Å². The molecule has 0 bridgehead atoms. The second-order valence-electron chi connectivity index (χ2n) is 7.42. The van der Waals surface area contributed by atoms with Gasteiger partial charge >= 0.3 is 0 Å². The molecule has 0 spiro atoms. The molecule has 21 heavy (non-hydrogen) atoms. The molecule has 0 radical (unpaired) electrons. The van der Waals surface area contributed by atoms with E-state index in [0.29, 0.717) is 11.5 Å². The Hall–Kier alpha value is 0.230. The van der Waals surface area contributed by atoms with E-state index in [1.165, 1.54) is 31.7 Å². The first-order valence-corrected chi connectivity index (χ1v) is 9.71. The van der Waals surface area contributed by atoms with Crippen molar-refractivity contribution in [2.45, 2.75) is 51.8 Å². The van der Waals surface area contributed by atoms with Gasteiger partial charge < -0.3 is 10.1 Å². The van der Waals surface area contributed by atoms with E-state index in [0.717, 1.165) is 37.5 Å². The molecular formula is C17H34N2OS. The van der Waals surface area contributed by atoms with Crippen molar-refractivity contribution < 1.29 is 4.74 Å². The van der Waals surface area contributed by atoms with E-state index >= 15 is 0 Å². The van der Waals surface area contributed by atoms with E-state index in [9.17, 15) is 0 Å². The van der Waals surface area contributed by atoms with E-state index in [1.807, 2.05) is 0 Å². The summed E-state index contributed by atoms with van der Waals surface area (Å²) in [7, 11) is 0. The Balaban J connectivity index is 1.94. The molecule has 2 aliphatic heterocycles. The van der Waals surface area contributed by atoms with Crippen LogP contribution >= 0.6 is 11.8 Å². The molecule has 2 rings (SSSR count). The molecule has 0 saturated carbocycles. The van der Waals surface area contributed by atoms with Gasteiger partial charge in [-0.15, -0.1) is 0 Å². The van der Waals surface area contributed by atoms with E-state index in [1.54, 1.807) is 0 Å². The summed E-state index contributed by atoms with van der Waals surface area (Å²) in [6.07, 6.45) is 2.42. The number of ether oxygens (including phenoxy) is 1. The minimum atomic E-state index is 0.420. The molecule has 2 fully saturated rings. The molecule has 0 aromatic rings. The fraction of sp³-hybridized carbons (Fsp3) is 1.00. The number of rotatable bonds is 6. The van der Waals surface area contributed by atoms with Crippen molar-refractivity contribution in [2.75, 3.05) is 45.1 Å². The standard InChI is InChI=1S/C17H34N2OS/c1-14(2)11-18-12-17(5-8-20-9-6-17)13-19-7-10-21-16(4)15(19)3/h14-16,18H,5-13H2,1-4H3. The van der Waals surface area contributed by atoms with Gasteiger partial charge in [0.2, 0.25) is 0 Å². The molecule has 1 N–H and O–H groups in total. The van der Waals surface area contributed by atoms with E-state index in [4.69, 9.17) is 4.74 Å². The zero-order valence-corrected chi connectivity index (χ0v) is 15.2. The van der Waals surface area contributed by atoms with Crippen molar-refractivity contribution in [2.24, 2.45) is 11.3 Å². The molecular weight excluding hydrogens is 280 g/mol. The number of hydrogen-bond donors (Lipinski definition) is 1. The lowest BCUT2D eigenvalue weighted by molar-refractivity contribution is -0.0103. The van der Waals surface area contributed by atoms with Crippen molar-refractivity contribution in [1.82, 2.24) is 10.2 Å². The molecule has 0 aromatic heterocycles. The SMILES string of the molecule is CC(C)CNCC1(CN2CCSC(C)C2C)CCOCC1. The molecule has 0 aliphatic carbocycles. The minimum absolute atomic E-state index is 0.420. The van der Waals surface area contributed by atoms with Crippen molar-refractivity contribution in [3.8, 4) is 0 Å². The minimum Gasteiger partial charge on any atom is -0.381 e. The zero-order chi connectivity index (χ0) is 15.3. The Morgan fingerprint density at radius 1 is 1.29 bits per heavy atom. The summed E-state index contributed by atoms with van der Waals surface area (Å²) in [5.41, 5.74) is 0.420. The molecule has 0 aromatic carbocycles. The third-order valence-electron chi connectivity index (χ3n) is 5.16. The smallest absolute Gasteiger partial charge is 0.0472 e. The van der Waals surface area contributed by atoms with Gasteiger partial charge in [-0.2, -0.15) is 11.8 Å². The summed E-state index contributed by atoms with van der Waals surface area (Å²) in [5.74, 6) is 2.02. The van der Waals surface area contributed by atoms with Crippen LogP contribution in [0.1, 0.15) is 40.5 Å². The fourth-order valence-electron chi connectivity index (χ4n) is 3.47. The molecule has 2 heterocycles. The molecule has 124 valence electrons. The fourth-order valence-corrected chi connectivity index (χ4v) is 4.63. The maximum absolute atomic E-state index is 5.64. The Morgan fingerprint density at radius 2 is 2.00 bits per heavy atom. The number of thioether (sulfide) groups is 1. The van der Waals surface area contributed by atoms with Crippen LogP contribution in [0.25, 0.3) is 0 Å². The second-order valence-corrected chi connectivity index (χ2v) is 8.91. The average molecular weight is 315 g/mol. The van der Waals surface area contributed by atoms with Gasteiger partial charge in [0.1, 0.15) is 0 Å². The first-order valence-electron chi connectivity index (χ1n) is 8.66. The molecule has 2 atom stereocenters. The van der Waals surface area contributed by atoms with Crippen LogP contribution in [0.3, 0.4) is 0 Å². The Labute approximate surface area is 135 Å². The lowest BCUT2D eigenvalue weighted by Crippen LogP contribution is -2.53. The highest BCUT2D eigenvalue weighted by Gasteiger charge is 2.37. The summed E-state index contributed by atoms with van der Waals surface area (Å²) >= 11 is 2.13. The van der Waals surface area contributed by atoms with Gasteiger partial charge in [0.25, 0.3) is 0 Å². The zero-order valence-electron chi connectivity index (χ0n) is 14.4. The molecule has 0 amide bonds. The average Bonchev–Trinajstić information content (AvgIpc) is 2.44. The number of hydrogen-bond acceptors (Lipinski definition) is 4. The van der Waals surface area contributed by atoms with Gasteiger partial charge in [-0.3, -0.25) is 4.90 Å². The second kappa shape index (κ2) is 8.19. The third kappa shape index (κ3) is 5.12. The normalized spacial score (nSPS) is 30.7. The molecule has 2 unspecified atom stereocenters. The quantitative estimate of drug-likeness (QED) is 0.815. The summed E-state index contributed by atoms with van der Waals surface area (Å²) in [5, 5.41) is 4.49. The van der Waals surface area contributed by atoms with Crippen LogP contribution in [-0.4, -0.2) is 61.3 Å². The van der Waals surface area contributed by atoms with Crippen molar-refractivity contribution >= 4 is 11.8 Å². The molecule has 2 aliphatic rings. The van der Waals surface area contributed by atoms with E-state index in [-0.39, 0.29) is 0 Å². The summed E-state index contributed by atoms with van der Waals surface area (Å²) in [6, 6.07) is 0.702. The van der Waals surface area contributed by atoms with Crippen molar-refractivity contribution in [3.05, 3.63) is 0 Å². The van der Waals surface area contributed by atoms with Crippen molar-refractivity contribution in [3.63, 3.8) is 0 Å². The van der Waals surface area contributed by atoms with E-state index in [2.05, 4.69) is 49.7 Å². The highest BCUT2D eigenvalue weighted by molar-refractivity contribution is 8.00. The predicted octanol–water partition coefficient (Wildman–Crippen LogP) is 2.85. The maximum atomic E-state index is 5.64. The van der Waals surface area contributed by atoms with Gasteiger partial charge in [-0.25, -0.2) is 0 Å². The van der Waals surface area contributed by atoms with Crippen LogP contribution in [0.15, 0.2) is 0 Å². The lowest BCUT2D eigenvalue weighted by atomic mass is 9.79. The molecule has 2 saturated heterocycles. The highest BCUT2D eigenvalue weighted by Crippen LogP contribution is 2.34. The number of nitrogens with one attached hydrogen (secondary N) is 1. The van der Waals surface area contributed by atoms with Crippen LogP contribution < -0.4 is 5.32 Å². The van der Waals surface area contributed by atoms with Crippen LogP contribution in [0.5, 0.6) is 0 Å². The van der Waals surface area contributed by atoms with Crippen LogP contribution in [0.4, 0.5) is 0 Å². The van der Waals surface area contributed by atoms with Crippen molar-refractivity contribution in [1.29, 1.82) is 0 Å². The first kappa shape index (κ1) is 17.6. The van der Waals surface area contributed by atoms with Crippen LogP contribution in [0, 0.1) is 11.3 Å². The van der Waals surface area contributed by atoms with Crippen LogP contribution in [0.2, 0.25) is 0 Å². The molecule has 4 heteroatoms. The summed E-state index contributed by atoms with van der Waals surface area (Å²) in [6.45, 7) is 16.0. The Bertz CT molecular complexity index is 305. The van der Waals surface area contributed by atoms with Gasteiger partial charge in [0.15, 0.2) is 0 Å². The third-order valence-corrected chi connectivity index (χ3v) is 6.50. The maximum Gasteiger partial charge on any atom is 0.0472 e. The van der Waals surface area contributed by atoms with Gasteiger partial charge in [0, 0.05) is 49.9 Å². The number of nitrogens with zero attached hydrogens (tertiary/aromatic N) is 1. The molecule has 3 nitrogen and oxygen atoms in total. The lowest BCUT2D eigenvalue weighted by Gasteiger charge is -2.46. The summed E-state index contributed by atoms with van der Waals surface area (Å²) < 4.78 is 5.64. The highest BCUT2D eigenvalue weighted by atomic mass is 32.2. The first-order chi connectivity index (χ1) is 10.0. The predicted molar refractivity (Wildman–Crippen MR) is 93.1 cm³/mol. The van der Waals surface area contributed by atoms with Gasteiger partial charge in [0.05, 0.1) is 0 Å². The Morgan fingerprint density at radius 3 is 2.67 bits per heavy atom. The van der Waals surface area contributed by atoms with Gasteiger partial charge in [-0.1, -0.05) is 20.8 Å². The van der Waals surface area contributed by atoms with E-state index < -0.39 is 0 Å². The monoisotopic (exact) mass is 314 g/mol. The van der Waals surface area contributed by atoms with Crippen LogP contribution in [-0.2, 0) is 4.74 Å². The summed E-state index contributed by atoms with van der Waals surface area (Å²) in [4.78, 5) is 2.74. The Kier molecular flexibility index (Phi) is 6.85. The largest absolute Gasteiger partial charge is 0.381 e. The topological polar surface area (TPSA) is 24.5 Å².